The molecular weight excluding hydrogens is 1150 g/mol. The van der Waals surface area contributed by atoms with Gasteiger partial charge in [-0.15, -0.1) is 0 Å². The molecule has 4 aromatic heterocycles. The number of hydrogen-bond donors (Lipinski definition) is 0. The second kappa shape index (κ2) is 23.3. The summed E-state index contributed by atoms with van der Waals surface area (Å²) in [6.45, 7) is 0. The van der Waals surface area contributed by atoms with Crippen molar-refractivity contribution in [2.24, 2.45) is 0 Å². The second-order valence-electron chi connectivity index (χ2n) is 22.7. The molecule has 16 aromatic rings. The van der Waals surface area contributed by atoms with Gasteiger partial charge in [-0.1, -0.05) is 170 Å². The van der Waals surface area contributed by atoms with Gasteiger partial charge in [0.25, 0.3) is 0 Å². The van der Waals surface area contributed by atoms with Gasteiger partial charge in [0.05, 0.1) is 68.6 Å². The third kappa shape index (κ3) is 9.79. The van der Waals surface area contributed by atoms with Gasteiger partial charge in [0, 0.05) is 66.3 Å². The summed E-state index contributed by atoms with van der Waals surface area (Å²) in [6, 6.07) is 101. The average molecular weight is 1200 g/mol. The normalized spacial score (nSPS) is 11.1. The molecule has 0 spiro atoms. The van der Waals surface area contributed by atoms with Crippen LogP contribution in [-0.4, -0.2) is 39.0 Å². The van der Waals surface area contributed by atoms with E-state index in [2.05, 4.69) is 106 Å². The minimum Gasteiger partial charge on any atom is -0.309 e. The maximum absolute atomic E-state index is 10.2. The van der Waals surface area contributed by atoms with Gasteiger partial charge in [-0.05, 0) is 143 Å². The van der Waals surface area contributed by atoms with Gasteiger partial charge in [0.2, 0.25) is 0 Å². The highest BCUT2D eigenvalue weighted by molar-refractivity contribution is 6.12. The third-order valence-corrected chi connectivity index (χ3v) is 17.2. The van der Waals surface area contributed by atoms with Crippen LogP contribution in [0.2, 0.25) is 0 Å². The molecule has 0 aliphatic carbocycles. The Morgan fingerprint density at radius 2 is 0.457 bits per heavy atom. The molecule has 0 saturated heterocycles. The molecule has 0 amide bonds. The molecule has 0 bridgehead atoms. The van der Waals surface area contributed by atoms with Crippen LogP contribution >= 0.6 is 0 Å². The van der Waals surface area contributed by atoms with Crippen molar-refractivity contribution >= 4 is 43.6 Å². The van der Waals surface area contributed by atoms with E-state index in [0.29, 0.717) is 57.2 Å². The van der Waals surface area contributed by atoms with Crippen molar-refractivity contribution in [1.82, 2.24) is 39.0 Å². The number of nitrogens with zero attached hydrogens (tertiary/aromatic N) is 12. The van der Waals surface area contributed by atoms with Crippen LogP contribution in [0.15, 0.2) is 279 Å². The summed E-state index contributed by atoms with van der Waals surface area (Å²) in [5, 5.41) is 44.1. The summed E-state index contributed by atoms with van der Waals surface area (Å²) in [6.07, 6.45) is 0. The number of nitriles is 4. The third-order valence-electron chi connectivity index (χ3n) is 17.2. The number of benzene rings is 12. The summed E-state index contributed by atoms with van der Waals surface area (Å²) in [7, 11) is 0. The summed E-state index contributed by atoms with van der Waals surface area (Å²) in [5.41, 5.74) is 17.0. The lowest BCUT2D eigenvalue weighted by Crippen LogP contribution is -2.03. The molecule has 0 unspecified atom stereocenters. The predicted octanol–water partition coefficient (Wildman–Crippen LogP) is 18.7. The lowest BCUT2D eigenvalue weighted by molar-refractivity contribution is 1.07. The lowest BCUT2D eigenvalue weighted by Gasteiger charge is -2.20. The maximum atomic E-state index is 10.2. The Bertz CT molecular complexity index is 5290. The van der Waals surface area contributed by atoms with Gasteiger partial charge in [0.1, 0.15) is 0 Å². The molecule has 0 saturated carbocycles. The topological polar surface area (TPSA) is 182 Å². The van der Waals surface area contributed by atoms with E-state index in [-0.39, 0.29) is 0 Å². The van der Waals surface area contributed by atoms with Crippen LogP contribution in [0.3, 0.4) is 0 Å². The Labute approximate surface area is 539 Å². The minimum atomic E-state index is 0.458. The average Bonchev–Trinajstić information content (AvgIpc) is 1.55. The summed E-state index contributed by atoms with van der Waals surface area (Å²) >= 11 is 0. The van der Waals surface area contributed by atoms with E-state index in [4.69, 9.17) is 29.9 Å². The van der Waals surface area contributed by atoms with E-state index in [9.17, 15) is 21.0 Å². The molecule has 0 fully saturated rings. The second-order valence-corrected chi connectivity index (χ2v) is 22.7. The van der Waals surface area contributed by atoms with Crippen LogP contribution in [-0.2, 0) is 0 Å². The molecule has 4 heterocycles. The molecule has 16 rings (SSSR count). The number of aromatic nitrogens is 8. The highest BCUT2D eigenvalue weighted by Gasteiger charge is 2.25. The fourth-order valence-corrected chi connectivity index (χ4v) is 12.8. The molecule has 0 atom stereocenters. The van der Waals surface area contributed by atoms with Crippen molar-refractivity contribution < 1.29 is 0 Å². The smallest absolute Gasteiger partial charge is 0.164 e. The van der Waals surface area contributed by atoms with Gasteiger partial charge in [-0.25, -0.2) is 29.9 Å². The first-order valence-electron chi connectivity index (χ1n) is 30.4. The fourth-order valence-electron chi connectivity index (χ4n) is 12.8. The van der Waals surface area contributed by atoms with Crippen LogP contribution in [0, 0.1) is 45.3 Å². The van der Waals surface area contributed by atoms with E-state index in [1.54, 1.807) is 0 Å². The van der Waals surface area contributed by atoms with E-state index < -0.39 is 0 Å². The van der Waals surface area contributed by atoms with Gasteiger partial charge >= 0.3 is 0 Å². The van der Waals surface area contributed by atoms with Crippen molar-refractivity contribution in [2.75, 3.05) is 0 Å². The monoisotopic (exact) mass is 1200 g/mol. The Balaban J connectivity index is 0.975. The van der Waals surface area contributed by atoms with Gasteiger partial charge in [0.15, 0.2) is 34.9 Å². The Morgan fingerprint density at radius 1 is 0.213 bits per heavy atom. The highest BCUT2D eigenvalue weighted by Crippen LogP contribution is 2.46. The molecule has 434 valence electrons. The van der Waals surface area contributed by atoms with Crippen LogP contribution < -0.4 is 0 Å². The summed E-state index contributed by atoms with van der Waals surface area (Å²) in [4.78, 5) is 31.6. The molecule has 0 radical (unpaired) electrons. The Kier molecular flexibility index (Phi) is 13.8. The van der Waals surface area contributed by atoms with Crippen molar-refractivity contribution in [1.29, 1.82) is 21.0 Å². The first-order valence-corrected chi connectivity index (χ1v) is 30.4. The zero-order valence-electron chi connectivity index (χ0n) is 49.9. The molecule has 12 nitrogen and oxygen atoms in total. The quantitative estimate of drug-likeness (QED) is 0.121. The van der Waals surface area contributed by atoms with Crippen LogP contribution in [0.5, 0.6) is 0 Å². The van der Waals surface area contributed by atoms with Crippen LogP contribution in [0.4, 0.5) is 0 Å². The highest BCUT2D eigenvalue weighted by atomic mass is 15.0. The zero-order valence-corrected chi connectivity index (χ0v) is 49.9. The Morgan fingerprint density at radius 3 is 0.723 bits per heavy atom. The predicted molar refractivity (Wildman–Crippen MR) is 370 cm³/mol. The van der Waals surface area contributed by atoms with E-state index >= 15 is 0 Å². The van der Waals surface area contributed by atoms with Crippen molar-refractivity contribution in [3.63, 3.8) is 0 Å². The molecule has 12 aromatic carbocycles. The van der Waals surface area contributed by atoms with E-state index in [1.165, 1.54) is 0 Å². The molecule has 12 heteroatoms. The molecule has 0 aliphatic rings. The minimum absolute atomic E-state index is 0.458. The molecule has 0 N–H and O–H groups in total. The largest absolute Gasteiger partial charge is 0.309 e. The first-order chi connectivity index (χ1) is 46.4. The van der Waals surface area contributed by atoms with Gasteiger partial charge < -0.3 is 9.13 Å². The first kappa shape index (κ1) is 55.5. The molecule has 0 aliphatic heterocycles. The summed E-state index contributed by atoms with van der Waals surface area (Å²) in [5.74, 6) is 2.96. The number of fused-ring (bicyclic) bond motifs is 6. The van der Waals surface area contributed by atoms with E-state index in [1.807, 2.05) is 206 Å². The fraction of sp³-hybridized carbons (Fsp3) is 0. The van der Waals surface area contributed by atoms with Crippen molar-refractivity contribution in [2.45, 2.75) is 0 Å². The maximum Gasteiger partial charge on any atom is 0.164 e. The summed E-state index contributed by atoms with van der Waals surface area (Å²) < 4.78 is 4.37. The number of hydrogen-bond acceptors (Lipinski definition) is 10. The van der Waals surface area contributed by atoms with Crippen LogP contribution in [0.1, 0.15) is 22.3 Å². The zero-order chi connectivity index (χ0) is 63.2. The van der Waals surface area contributed by atoms with Crippen molar-refractivity contribution in [3.05, 3.63) is 301 Å². The molecular formula is C82H46N12. The van der Waals surface area contributed by atoms with Crippen molar-refractivity contribution in [3.8, 4) is 137 Å². The van der Waals surface area contributed by atoms with Gasteiger partial charge in [-0.2, -0.15) is 21.0 Å². The van der Waals surface area contributed by atoms with Crippen LogP contribution in [0.25, 0.3) is 157 Å². The van der Waals surface area contributed by atoms with Gasteiger partial charge in [-0.3, -0.25) is 0 Å². The number of rotatable bonds is 11. The van der Waals surface area contributed by atoms with E-state index in [0.717, 1.165) is 122 Å². The standard InChI is InChI=1S/C82H46N12/c83-47-51-29-37-73-69(41-51)70-42-52(48-84)30-38-74(70)93(73)59-33-35-65(81-89-77(55-17-5-1-6-18-55)87-78(90-81)56-19-7-2-8-20-56)67(45-59)63-27-15-13-25-61(63)62-26-14-16-28-64(62)68-46-60(94-75-39-31-53(49-85)43-71(75)72-44-54(50-86)32-40-76(72)94)34-36-66(68)82-91-79(57-21-9-3-10-22-57)88-80(92-82)58-23-11-4-12-24-58/h1-46H. The molecule has 94 heavy (non-hydrogen) atoms. The Hall–Kier alpha value is -13.8. The lowest BCUT2D eigenvalue weighted by atomic mass is 9.86. The SMILES string of the molecule is N#Cc1ccc2c(c1)c1cc(C#N)ccc1n2-c1ccc(-c2nc(-c3ccccc3)nc(-c3ccccc3)n2)c(-c2ccccc2-c2ccccc2-c2cc(-n3c4ccc(C#N)cc4c4cc(C#N)ccc43)ccc2-c2nc(-c3ccccc3)nc(-c3ccccc3)n2)c1.